The molecule has 0 aliphatic carbocycles. The minimum Gasteiger partial charge on any atom is -0.478 e. The van der Waals surface area contributed by atoms with Crippen molar-refractivity contribution < 1.29 is 19.1 Å². The molecule has 0 bridgehead atoms. The molecule has 0 saturated heterocycles. The fraction of sp³-hybridized carbons (Fsp3) is 0.0526. The molecule has 0 aliphatic heterocycles. The Labute approximate surface area is 173 Å². The Hall–Kier alpha value is -3.61. The van der Waals surface area contributed by atoms with E-state index in [1.807, 2.05) is 6.07 Å². The number of benzene rings is 1. The molecule has 0 radical (unpaired) electrons. The number of amides is 1. The van der Waals surface area contributed by atoms with Crippen LogP contribution in [0.5, 0.6) is 0 Å². The van der Waals surface area contributed by atoms with E-state index in [2.05, 4.69) is 10.5 Å². The summed E-state index contributed by atoms with van der Waals surface area (Å²) in [5.41, 5.74) is 9.35. The number of halogens is 1. The van der Waals surface area contributed by atoms with E-state index < -0.39 is 11.9 Å². The SMILES string of the molecule is Cc1c(C(=O)N/N=C\c2ccc(-c3ccc(Cl)c(C(=O)O)c3)o2)sc(N)c1C#N. The zero-order valence-electron chi connectivity index (χ0n) is 14.9. The van der Waals surface area contributed by atoms with Gasteiger partial charge in [0.05, 0.1) is 22.4 Å². The zero-order chi connectivity index (χ0) is 21.1. The summed E-state index contributed by atoms with van der Waals surface area (Å²) in [6, 6.07) is 9.73. The van der Waals surface area contributed by atoms with E-state index in [9.17, 15) is 9.59 Å². The van der Waals surface area contributed by atoms with Gasteiger partial charge in [-0.1, -0.05) is 11.6 Å². The highest BCUT2D eigenvalue weighted by Crippen LogP contribution is 2.29. The van der Waals surface area contributed by atoms with Crippen LogP contribution in [0.1, 0.15) is 36.9 Å². The zero-order valence-corrected chi connectivity index (χ0v) is 16.5. The lowest BCUT2D eigenvalue weighted by Crippen LogP contribution is -2.17. The van der Waals surface area contributed by atoms with E-state index in [-0.39, 0.29) is 21.2 Å². The number of aromatic carboxylic acids is 1. The summed E-state index contributed by atoms with van der Waals surface area (Å²) in [6.07, 6.45) is 1.30. The second-order valence-electron chi connectivity index (χ2n) is 5.81. The first-order valence-electron chi connectivity index (χ1n) is 8.07. The average molecular weight is 429 g/mol. The van der Waals surface area contributed by atoms with Crippen LogP contribution >= 0.6 is 22.9 Å². The second kappa shape index (κ2) is 8.18. The molecule has 0 spiro atoms. The van der Waals surface area contributed by atoms with Crippen LogP contribution in [-0.2, 0) is 0 Å². The van der Waals surface area contributed by atoms with Crippen LogP contribution in [0.2, 0.25) is 5.02 Å². The molecular formula is C19H13ClN4O4S. The Morgan fingerprint density at radius 1 is 1.38 bits per heavy atom. The molecule has 2 aromatic heterocycles. The van der Waals surface area contributed by atoms with Gasteiger partial charge in [0.1, 0.15) is 27.5 Å². The number of nitriles is 1. The summed E-state index contributed by atoms with van der Waals surface area (Å²) < 4.78 is 5.60. The molecule has 10 heteroatoms. The normalized spacial score (nSPS) is 10.8. The average Bonchev–Trinajstić information content (AvgIpc) is 3.26. The maximum absolute atomic E-state index is 12.2. The van der Waals surface area contributed by atoms with E-state index >= 15 is 0 Å². The van der Waals surface area contributed by atoms with Gasteiger partial charge in [-0.2, -0.15) is 10.4 Å². The first kappa shape index (κ1) is 20.1. The smallest absolute Gasteiger partial charge is 0.337 e. The monoisotopic (exact) mass is 428 g/mol. The van der Waals surface area contributed by atoms with Gasteiger partial charge < -0.3 is 15.3 Å². The van der Waals surface area contributed by atoms with E-state index in [4.69, 9.17) is 32.1 Å². The number of carboxylic acids is 1. The Morgan fingerprint density at radius 3 is 2.79 bits per heavy atom. The highest BCUT2D eigenvalue weighted by molar-refractivity contribution is 7.18. The number of carbonyl (C=O) groups is 2. The molecular weight excluding hydrogens is 416 g/mol. The van der Waals surface area contributed by atoms with Crippen molar-refractivity contribution in [2.45, 2.75) is 6.92 Å². The lowest BCUT2D eigenvalue weighted by Gasteiger charge is -2.02. The van der Waals surface area contributed by atoms with Crippen LogP contribution in [0, 0.1) is 18.3 Å². The number of hydrogen-bond donors (Lipinski definition) is 3. The Kier molecular flexibility index (Phi) is 5.68. The number of carboxylic acid groups (broad SMARTS) is 1. The number of rotatable bonds is 5. The topological polar surface area (TPSA) is 142 Å². The van der Waals surface area contributed by atoms with Crippen LogP contribution in [0.15, 0.2) is 39.9 Å². The molecule has 1 aromatic carbocycles. The van der Waals surface area contributed by atoms with Crippen molar-refractivity contribution in [3.63, 3.8) is 0 Å². The molecule has 0 aliphatic rings. The van der Waals surface area contributed by atoms with Crippen molar-refractivity contribution in [2.75, 3.05) is 5.73 Å². The van der Waals surface area contributed by atoms with Gasteiger partial charge in [-0.3, -0.25) is 4.79 Å². The third-order valence-corrected chi connectivity index (χ3v) is 5.41. The summed E-state index contributed by atoms with van der Waals surface area (Å²) in [7, 11) is 0. The fourth-order valence-corrected chi connectivity index (χ4v) is 3.63. The Balaban J connectivity index is 1.73. The van der Waals surface area contributed by atoms with Crippen LogP contribution in [-0.4, -0.2) is 23.2 Å². The predicted molar refractivity (Wildman–Crippen MR) is 109 cm³/mol. The first-order valence-corrected chi connectivity index (χ1v) is 9.26. The minimum atomic E-state index is -1.14. The molecule has 8 nitrogen and oxygen atoms in total. The van der Waals surface area contributed by atoms with Gasteiger partial charge in [0.25, 0.3) is 5.91 Å². The second-order valence-corrected chi connectivity index (χ2v) is 7.27. The van der Waals surface area contributed by atoms with Crippen LogP contribution in [0.4, 0.5) is 5.00 Å². The van der Waals surface area contributed by atoms with Crippen molar-refractivity contribution in [3.05, 3.63) is 62.7 Å². The number of carbonyl (C=O) groups excluding carboxylic acids is 1. The molecule has 0 unspecified atom stereocenters. The van der Waals surface area contributed by atoms with Gasteiger partial charge in [0, 0.05) is 5.56 Å². The van der Waals surface area contributed by atoms with Crippen LogP contribution in [0.3, 0.4) is 0 Å². The largest absolute Gasteiger partial charge is 0.478 e. The molecule has 0 atom stereocenters. The van der Waals surface area contributed by atoms with Crippen molar-refractivity contribution in [3.8, 4) is 17.4 Å². The number of furan rings is 1. The summed E-state index contributed by atoms with van der Waals surface area (Å²) in [5, 5.41) is 22.4. The lowest BCUT2D eigenvalue weighted by atomic mass is 10.1. The summed E-state index contributed by atoms with van der Waals surface area (Å²) >= 11 is 6.88. The molecule has 3 aromatic rings. The number of anilines is 1. The minimum absolute atomic E-state index is 0.0367. The van der Waals surface area contributed by atoms with E-state index in [0.717, 1.165) is 11.3 Å². The molecule has 2 heterocycles. The molecule has 3 rings (SSSR count). The number of nitrogens with one attached hydrogen (secondary N) is 1. The highest BCUT2D eigenvalue weighted by Gasteiger charge is 2.18. The van der Waals surface area contributed by atoms with Crippen LogP contribution in [0.25, 0.3) is 11.3 Å². The molecule has 1 amide bonds. The molecule has 0 saturated carbocycles. The third kappa shape index (κ3) is 4.13. The quantitative estimate of drug-likeness (QED) is 0.415. The standard InChI is InChI=1S/C19H13ClN4O4S/c1-9-13(7-21)17(22)29-16(9)18(25)24-23-8-11-3-5-15(28-11)10-2-4-14(20)12(6-10)19(26)27/h2-6,8H,22H2,1H3,(H,24,25)(H,26,27)/b23-8-. The van der Waals surface area contributed by atoms with Crippen molar-refractivity contribution >= 4 is 46.0 Å². The summed E-state index contributed by atoms with van der Waals surface area (Å²) in [4.78, 5) is 23.7. The molecule has 29 heavy (non-hydrogen) atoms. The molecule has 0 fully saturated rings. The van der Waals surface area contributed by atoms with E-state index in [0.29, 0.717) is 27.5 Å². The highest BCUT2D eigenvalue weighted by atomic mass is 35.5. The fourth-order valence-electron chi connectivity index (χ4n) is 2.52. The van der Waals surface area contributed by atoms with Gasteiger partial charge in [-0.15, -0.1) is 11.3 Å². The van der Waals surface area contributed by atoms with Gasteiger partial charge in [0.15, 0.2) is 0 Å². The number of thiophene rings is 1. The number of hydrazone groups is 1. The van der Waals surface area contributed by atoms with Gasteiger partial charge in [0.2, 0.25) is 0 Å². The number of nitrogens with zero attached hydrogens (tertiary/aromatic N) is 2. The third-order valence-electron chi connectivity index (χ3n) is 3.96. The maximum atomic E-state index is 12.2. The van der Waals surface area contributed by atoms with Crippen molar-refractivity contribution in [1.29, 1.82) is 5.26 Å². The number of nitrogens with two attached hydrogens (primary N) is 1. The van der Waals surface area contributed by atoms with E-state index in [1.165, 1.54) is 18.3 Å². The number of nitrogen functional groups attached to an aromatic ring is 1. The Morgan fingerprint density at radius 2 is 2.14 bits per heavy atom. The van der Waals surface area contributed by atoms with Crippen LogP contribution < -0.4 is 11.2 Å². The number of hydrogen-bond acceptors (Lipinski definition) is 7. The predicted octanol–water partition coefficient (Wildman–Crippen LogP) is 3.89. The van der Waals surface area contributed by atoms with Gasteiger partial charge in [-0.25, -0.2) is 10.2 Å². The first-order chi connectivity index (χ1) is 13.8. The van der Waals surface area contributed by atoms with Crippen molar-refractivity contribution in [1.82, 2.24) is 5.43 Å². The van der Waals surface area contributed by atoms with Crippen molar-refractivity contribution in [2.24, 2.45) is 5.10 Å². The summed E-state index contributed by atoms with van der Waals surface area (Å²) in [6.45, 7) is 1.64. The maximum Gasteiger partial charge on any atom is 0.337 e. The van der Waals surface area contributed by atoms with Gasteiger partial charge in [-0.05, 0) is 42.8 Å². The molecule has 146 valence electrons. The van der Waals surface area contributed by atoms with Gasteiger partial charge >= 0.3 is 5.97 Å². The summed E-state index contributed by atoms with van der Waals surface area (Å²) in [5.74, 6) is -0.880. The lowest BCUT2D eigenvalue weighted by molar-refractivity contribution is 0.0697. The van der Waals surface area contributed by atoms with E-state index in [1.54, 1.807) is 25.1 Å². The Bertz CT molecular complexity index is 1190. The molecule has 4 N–H and O–H groups in total.